The number of nitrogens with one attached hydrogen (secondary N) is 1. The summed E-state index contributed by atoms with van der Waals surface area (Å²) in [6.45, 7) is -0.788. The lowest BCUT2D eigenvalue weighted by molar-refractivity contribution is -0.150. The summed E-state index contributed by atoms with van der Waals surface area (Å²) in [5.74, 6) is -3.36. The number of alkyl halides is 3. The van der Waals surface area contributed by atoms with Gasteiger partial charge in [-0.1, -0.05) is 12.1 Å². The van der Waals surface area contributed by atoms with Crippen molar-refractivity contribution in [3.05, 3.63) is 30.1 Å². The van der Waals surface area contributed by atoms with Crippen LogP contribution in [-0.4, -0.2) is 45.3 Å². The van der Waals surface area contributed by atoms with Gasteiger partial charge >= 0.3 is 12.1 Å². The Balaban J connectivity index is 1.92. The van der Waals surface area contributed by atoms with E-state index in [0.717, 1.165) is 4.57 Å². The predicted octanol–water partition coefficient (Wildman–Crippen LogP) is 1.41. The normalized spacial score (nSPS) is 20.8. The van der Waals surface area contributed by atoms with E-state index in [2.05, 4.69) is 10.3 Å². The Morgan fingerprint density at radius 1 is 1.36 bits per heavy atom. The molecule has 1 amide bonds. The van der Waals surface area contributed by atoms with Crippen LogP contribution in [0.3, 0.4) is 0 Å². The zero-order valence-electron chi connectivity index (χ0n) is 12.8. The first-order valence-corrected chi connectivity index (χ1v) is 7.37. The van der Waals surface area contributed by atoms with Crippen LogP contribution in [0.15, 0.2) is 24.3 Å². The van der Waals surface area contributed by atoms with E-state index in [4.69, 9.17) is 4.74 Å². The Bertz CT molecular complexity index is 825. The monoisotopic (exact) mass is 357 g/mol. The zero-order chi connectivity index (χ0) is 18.2. The van der Waals surface area contributed by atoms with Crippen molar-refractivity contribution >= 4 is 22.9 Å². The number of carboxylic acids is 1. The third-order valence-corrected chi connectivity index (χ3v) is 4.02. The molecular weight excluding hydrogens is 343 g/mol. The number of para-hydroxylation sites is 2. The summed E-state index contributed by atoms with van der Waals surface area (Å²) in [4.78, 5) is 27.2. The topological polar surface area (TPSA) is 93.5 Å². The van der Waals surface area contributed by atoms with Crippen molar-refractivity contribution < 1.29 is 32.6 Å². The summed E-state index contributed by atoms with van der Waals surface area (Å²) in [5.41, 5.74) is -1.39. The first kappa shape index (κ1) is 17.2. The van der Waals surface area contributed by atoms with E-state index in [1.807, 2.05) is 0 Å². The molecule has 1 aromatic heterocycles. The molecule has 0 bridgehead atoms. The van der Waals surface area contributed by atoms with E-state index in [0.29, 0.717) is 0 Å². The molecule has 1 saturated heterocycles. The fourth-order valence-corrected chi connectivity index (χ4v) is 2.79. The maximum Gasteiger partial charge on any atom is 0.449 e. The average Bonchev–Trinajstić information content (AvgIpc) is 3.13. The molecule has 1 aromatic carbocycles. The number of carbonyl (C=O) groups excluding carboxylic acids is 1. The summed E-state index contributed by atoms with van der Waals surface area (Å²) in [5, 5.41) is 11.6. The van der Waals surface area contributed by atoms with Gasteiger partial charge in [-0.05, 0) is 12.1 Å². The van der Waals surface area contributed by atoms with Gasteiger partial charge in [-0.2, -0.15) is 13.2 Å². The first-order chi connectivity index (χ1) is 11.7. The van der Waals surface area contributed by atoms with Crippen LogP contribution in [0.4, 0.5) is 13.2 Å². The highest BCUT2D eigenvalue weighted by Crippen LogP contribution is 2.31. The van der Waals surface area contributed by atoms with E-state index < -0.39 is 36.0 Å². The minimum absolute atomic E-state index is 0.0465. The summed E-state index contributed by atoms with van der Waals surface area (Å²) in [6.07, 6.45) is -4.70. The number of hydrogen-bond donors (Lipinski definition) is 2. The molecule has 0 aliphatic carbocycles. The van der Waals surface area contributed by atoms with Crippen molar-refractivity contribution in [1.82, 2.24) is 14.9 Å². The van der Waals surface area contributed by atoms with Crippen molar-refractivity contribution in [2.75, 3.05) is 13.2 Å². The molecule has 3 rings (SSSR count). The highest BCUT2D eigenvalue weighted by atomic mass is 19.4. The number of nitrogens with zero attached hydrogens (tertiary/aromatic N) is 2. The number of aliphatic carboxylic acids is 1. The van der Waals surface area contributed by atoms with E-state index in [9.17, 15) is 27.9 Å². The van der Waals surface area contributed by atoms with Gasteiger partial charge in [0, 0.05) is 13.0 Å². The Morgan fingerprint density at radius 3 is 2.68 bits per heavy atom. The van der Waals surface area contributed by atoms with Crippen molar-refractivity contribution in [3.8, 4) is 0 Å². The number of halogens is 3. The zero-order valence-corrected chi connectivity index (χ0v) is 12.8. The van der Waals surface area contributed by atoms with Crippen LogP contribution in [0.2, 0.25) is 0 Å². The maximum absolute atomic E-state index is 13.2. The number of carbonyl (C=O) groups is 2. The molecule has 2 N–H and O–H groups in total. The molecule has 1 aliphatic rings. The molecule has 0 saturated carbocycles. The third-order valence-electron chi connectivity index (χ3n) is 4.02. The Kier molecular flexibility index (Phi) is 4.15. The molecule has 1 unspecified atom stereocenters. The van der Waals surface area contributed by atoms with Gasteiger partial charge in [0.1, 0.15) is 6.54 Å². The van der Waals surface area contributed by atoms with Crippen LogP contribution < -0.4 is 5.32 Å². The Labute approximate surface area is 139 Å². The molecule has 1 aliphatic heterocycles. The average molecular weight is 357 g/mol. The summed E-state index contributed by atoms with van der Waals surface area (Å²) >= 11 is 0. The number of ether oxygens (including phenoxy) is 1. The van der Waals surface area contributed by atoms with E-state index in [1.54, 1.807) is 0 Å². The van der Waals surface area contributed by atoms with Gasteiger partial charge in [-0.15, -0.1) is 0 Å². The number of hydrogen-bond acceptors (Lipinski definition) is 4. The van der Waals surface area contributed by atoms with Gasteiger partial charge in [0.25, 0.3) is 0 Å². The Hall–Kier alpha value is -2.62. The van der Waals surface area contributed by atoms with Crippen molar-refractivity contribution in [1.29, 1.82) is 0 Å². The molecule has 7 nitrogen and oxygen atoms in total. The van der Waals surface area contributed by atoms with E-state index in [-0.39, 0.29) is 30.7 Å². The minimum atomic E-state index is -4.75. The number of fused-ring (bicyclic) bond motifs is 1. The van der Waals surface area contributed by atoms with Gasteiger partial charge in [0.15, 0.2) is 5.54 Å². The van der Waals surface area contributed by atoms with Crippen LogP contribution in [0.25, 0.3) is 11.0 Å². The molecule has 1 fully saturated rings. The molecule has 10 heteroatoms. The van der Waals surface area contributed by atoms with Crippen LogP contribution in [0, 0.1) is 0 Å². The standard InChI is InChI=1S/C15H14F3N3O4/c16-15(17,18)12-19-9-3-1-2-4-10(9)21(12)7-11(22)20-14(13(23)24)5-6-25-8-14/h1-4H,5-8H2,(H,20,22)(H,23,24). The first-order valence-electron chi connectivity index (χ1n) is 7.37. The lowest BCUT2D eigenvalue weighted by Gasteiger charge is -2.24. The molecule has 0 radical (unpaired) electrons. The van der Waals surface area contributed by atoms with Crippen molar-refractivity contribution in [2.45, 2.75) is 24.7 Å². The SMILES string of the molecule is O=C(Cn1c(C(F)(F)F)nc2ccccc21)NC1(C(=O)O)CCOC1. The molecule has 1 atom stereocenters. The second-order valence-electron chi connectivity index (χ2n) is 5.75. The second kappa shape index (κ2) is 6.03. The fourth-order valence-electron chi connectivity index (χ4n) is 2.79. The van der Waals surface area contributed by atoms with Crippen LogP contribution in [0.1, 0.15) is 12.2 Å². The maximum atomic E-state index is 13.2. The minimum Gasteiger partial charge on any atom is -0.479 e. The molecule has 0 spiro atoms. The molecule has 134 valence electrons. The largest absolute Gasteiger partial charge is 0.479 e. The van der Waals surface area contributed by atoms with E-state index >= 15 is 0 Å². The van der Waals surface area contributed by atoms with Gasteiger partial charge in [-0.25, -0.2) is 9.78 Å². The summed E-state index contributed by atoms with van der Waals surface area (Å²) in [7, 11) is 0. The molecule has 2 aromatic rings. The number of carboxylic acid groups (broad SMARTS) is 1. The Morgan fingerprint density at radius 2 is 2.08 bits per heavy atom. The highest BCUT2D eigenvalue weighted by molar-refractivity contribution is 5.88. The van der Waals surface area contributed by atoms with Crippen LogP contribution in [-0.2, 0) is 27.0 Å². The molecule has 25 heavy (non-hydrogen) atoms. The lowest BCUT2D eigenvalue weighted by Crippen LogP contribution is -2.56. The van der Waals surface area contributed by atoms with Gasteiger partial charge in [-0.3, -0.25) is 4.79 Å². The number of amides is 1. The number of benzene rings is 1. The molecular formula is C15H14F3N3O4. The van der Waals surface area contributed by atoms with Gasteiger partial charge in [0.2, 0.25) is 11.7 Å². The van der Waals surface area contributed by atoms with Crippen molar-refractivity contribution in [2.24, 2.45) is 0 Å². The fraction of sp³-hybridized carbons (Fsp3) is 0.400. The third kappa shape index (κ3) is 3.16. The predicted molar refractivity (Wildman–Crippen MR) is 78.7 cm³/mol. The van der Waals surface area contributed by atoms with Gasteiger partial charge in [0.05, 0.1) is 17.6 Å². The quantitative estimate of drug-likeness (QED) is 0.863. The number of aromatic nitrogens is 2. The van der Waals surface area contributed by atoms with Gasteiger partial charge < -0.3 is 19.7 Å². The highest BCUT2D eigenvalue weighted by Gasteiger charge is 2.44. The van der Waals surface area contributed by atoms with E-state index in [1.165, 1.54) is 24.3 Å². The number of rotatable bonds is 4. The van der Waals surface area contributed by atoms with Crippen molar-refractivity contribution in [3.63, 3.8) is 0 Å². The summed E-state index contributed by atoms with van der Waals surface area (Å²) in [6, 6.07) is 5.89. The van der Waals surface area contributed by atoms with Crippen LogP contribution in [0.5, 0.6) is 0 Å². The lowest BCUT2D eigenvalue weighted by atomic mass is 9.99. The summed E-state index contributed by atoms with van der Waals surface area (Å²) < 4.78 is 45.4. The molecule has 2 heterocycles. The second-order valence-corrected chi connectivity index (χ2v) is 5.75. The number of imidazole rings is 1. The smallest absolute Gasteiger partial charge is 0.449 e. The van der Waals surface area contributed by atoms with Crippen LogP contribution >= 0.6 is 0 Å².